The summed E-state index contributed by atoms with van der Waals surface area (Å²) in [6.07, 6.45) is 3.75. The zero-order chi connectivity index (χ0) is 13.0. The Morgan fingerprint density at radius 2 is 2.39 bits per heavy atom. The second-order valence-electron chi connectivity index (χ2n) is 4.82. The predicted molar refractivity (Wildman–Crippen MR) is 71.1 cm³/mol. The number of aromatic nitrogens is 1. The van der Waals surface area contributed by atoms with Gasteiger partial charge in [-0.15, -0.1) is 0 Å². The SMILES string of the molecule is CCCNC1CCN(Cc2ncccc2C)C1=O. The maximum atomic E-state index is 12.2. The Hall–Kier alpha value is -1.42. The van der Waals surface area contributed by atoms with Crippen molar-refractivity contribution in [3.05, 3.63) is 29.6 Å². The van der Waals surface area contributed by atoms with Gasteiger partial charge in [0, 0.05) is 12.7 Å². The Labute approximate surface area is 108 Å². The molecular weight excluding hydrogens is 226 g/mol. The van der Waals surface area contributed by atoms with Gasteiger partial charge < -0.3 is 10.2 Å². The van der Waals surface area contributed by atoms with E-state index in [0.717, 1.165) is 37.2 Å². The lowest BCUT2D eigenvalue weighted by atomic mass is 10.2. The third kappa shape index (κ3) is 2.88. The second-order valence-corrected chi connectivity index (χ2v) is 4.82. The van der Waals surface area contributed by atoms with E-state index in [4.69, 9.17) is 0 Å². The summed E-state index contributed by atoms with van der Waals surface area (Å²) in [4.78, 5) is 18.4. The van der Waals surface area contributed by atoms with Crippen LogP contribution < -0.4 is 5.32 Å². The third-order valence-electron chi connectivity index (χ3n) is 3.40. The van der Waals surface area contributed by atoms with Gasteiger partial charge >= 0.3 is 0 Å². The maximum absolute atomic E-state index is 12.2. The van der Waals surface area contributed by atoms with E-state index in [1.54, 1.807) is 6.20 Å². The number of aryl methyl sites for hydroxylation is 1. The average Bonchev–Trinajstić information content (AvgIpc) is 2.71. The summed E-state index contributed by atoms with van der Waals surface area (Å²) in [6.45, 7) is 6.52. The van der Waals surface area contributed by atoms with Crippen LogP contribution in [-0.2, 0) is 11.3 Å². The van der Waals surface area contributed by atoms with Crippen molar-refractivity contribution < 1.29 is 4.79 Å². The lowest BCUT2D eigenvalue weighted by molar-refractivity contribution is -0.129. The van der Waals surface area contributed by atoms with Crippen LogP contribution in [0.5, 0.6) is 0 Å². The Balaban J connectivity index is 1.96. The number of nitrogens with one attached hydrogen (secondary N) is 1. The molecular formula is C14H21N3O. The molecule has 0 spiro atoms. The van der Waals surface area contributed by atoms with Gasteiger partial charge in [-0.3, -0.25) is 9.78 Å². The highest BCUT2D eigenvalue weighted by Crippen LogP contribution is 2.15. The molecule has 1 atom stereocenters. The molecule has 98 valence electrons. The summed E-state index contributed by atoms with van der Waals surface area (Å²) in [5, 5.41) is 3.30. The summed E-state index contributed by atoms with van der Waals surface area (Å²) < 4.78 is 0. The number of rotatable bonds is 5. The average molecular weight is 247 g/mol. The molecule has 18 heavy (non-hydrogen) atoms. The summed E-state index contributed by atoms with van der Waals surface area (Å²) >= 11 is 0. The maximum Gasteiger partial charge on any atom is 0.240 e. The van der Waals surface area contributed by atoms with E-state index < -0.39 is 0 Å². The number of likely N-dealkylation sites (tertiary alicyclic amines) is 1. The molecule has 1 aliphatic heterocycles. The number of carbonyl (C=O) groups excluding carboxylic acids is 1. The van der Waals surface area contributed by atoms with E-state index in [1.165, 1.54) is 0 Å². The highest BCUT2D eigenvalue weighted by molar-refractivity contribution is 5.83. The fourth-order valence-corrected chi connectivity index (χ4v) is 2.27. The van der Waals surface area contributed by atoms with Gasteiger partial charge in [-0.2, -0.15) is 0 Å². The minimum absolute atomic E-state index is 0.00830. The molecule has 4 heteroatoms. The molecule has 1 unspecified atom stereocenters. The van der Waals surface area contributed by atoms with Crippen molar-refractivity contribution in [2.45, 2.75) is 39.3 Å². The number of pyridine rings is 1. The Bertz CT molecular complexity index is 419. The topological polar surface area (TPSA) is 45.2 Å². The normalized spacial score (nSPS) is 19.6. The highest BCUT2D eigenvalue weighted by Gasteiger charge is 2.31. The number of amides is 1. The van der Waals surface area contributed by atoms with Gasteiger partial charge in [-0.25, -0.2) is 0 Å². The minimum Gasteiger partial charge on any atom is -0.335 e. The molecule has 1 aromatic rings. The van der Waals surface area contributed by atoms with Crippen LogP contribution in [0.3, 0.4) is 0 Å². The molecule has 0 radical (unpaired) electrons. The molecule has 0 aromatic carbocycles. The Kier molecular flexibility index (Phi) is 4.31. The zero-order valence-corrected chi connectivity index (χ0v) is 11.1. The molecule has 0 aliphatic carbocycles. The summed E-state index contributed by atoms with van der Waals surface area (Å²) in [5.74, 6) is 0.216. The molecule has 0 bridgehead atoms. The van der Waals surface area contributed by atoms with Gasteiger partial charge in [0.15, 0.2) is 0 Å². The Morgan fingerprint density at radius 1 is 1.56 bits per heavy atom. The Morgan fingerprint density at radius 3 is 3.11 bits per heavy atom. The van der Waals surface area contributed by atoms with Gasteiger partial charge in [0.05, 0.1) is 18.3 Å². The van der Waals surface area contributed by atoms with Gasteiger partial charge in [0.1, 0.15) is 0 Å². The zero-order valence-electron chi connectivity index (χ0n) is 11.1. The van der Waals surface area contributed by atoms with Crippen LogP contribution in [0.15, 0.2) is 18.3 Å². The number of hydrogen-bond acceptors (Lipinski definition) is 3. The highest BCUT2D eigenvalue weighted by atomic mass is 16.2. The predicted octanol–water partition coefficient (Wildman–Crippen LogP) is 1.49. The first-order valence-corrected chi connectivity index (χ1v) is 6.65. The molecule has 4 nitrogen and oxygen atoms in total. The number of nitrogens with zero attached hydrogens (tertiary/aromatic N) is 2. The van der Waals surface area contributed by atoms with Gasteiger partial charge in [-0.1, -0.05) is 13.0 Å². The standard InChI is InChI=1S/C14H21N3O/c1-3-7-15-12-6-9-17(14(12)18)10-13-11(2)5-4-8-16-13/h4-5,8,12,15H,3,6-7,9-10H2,1-2H3. The number of hydrogen-bond donors (Lipinski definition) is 1. The van der Waals surface area contributed by atoms with Crippen molar-refractivity contribution in [2.24, 2.45) is 0 Å². The molecule has 1 saturated heterocycles. The third-order valence-corrected chi connectivity index (χ3v) is 3.40. The van der Waals surface area contributed by atoms with Crippen LogP contribution in [0.2, 0.25) is 0 Å². The van der Waals surface area contributed by atoms with Crippen LogP contribution in [0, 0.1) is 6.92 Å². The molecule has 1 amide bonds. The molecule has 1 aliphatic rings. The van der Waals surface area contributed by atoms with Gasteiger partial charge in [0.25, 0.3) is 0 Å². The van der Waals surface area contributed by atoms with E-state index in [-0.39, 0.29) is 11.9 Å². The first kappa shape index (κ1) is 13.0. The van der Waals surface area contributed by atoms with E-state index in [9.17, 15) is 4.79 Å². The van der Waals surface area contributed by atoms with Crippen molar-refractivity contribution in [1.82, 2.24) is 15.2 Å². The van der Waals surface area contributed by atoms with E-state index in [2.05, 4.69) is 17.2 Å². The van der Waals surface area contributed by atoms with Crippen LogP contribution in [0.1, 0.15) is 31.0 Å². The van der Waals surface area contributed by atoms with Crippen molar-refractivity contribution in [1.29, 1.82) is 0 Å². The van der Waals surface area contributed by atoms with Crippen LogP contribution >= 0.6 is 0 Å². The van der Waals surface area contributed by atoms with Gasteiger partial charge in [0.2, 0.25) is 5.91 Å². The fourth-order valence-electron chi connectivity index (χ4n) is 2.27. The van der Waals surface area contributed by atoms with E-state index in [1.807, 2.05) is 24.0 Å². The molecule has 1 aromatic heterocycles. The molecule has 1 fully saturated rings. The van der Waals surface area contributed by atoms with Crippen LogP contribution in [-0.4, -0.2) is 34.9 Å². The first-order valence-electron chi connectivity index (χ1n) is 6.65. The molecule has 2 heterocycles. The quantitative estimate of drug-likeness (QED) is 0.857. The molecule has 2 rings (SSSR count). The van der Waals surface area contributed by atoms with Crippen molar-refractivity contribution in [2.75, 3.05) is 13.1 Å². The monoisotopic (exact) mass is 247 g/mol. The lowest BCUT2D eigenvalue weighted by Crippen LogP contribution is -2.38. The van der Waals surface area contributed by atoms with E-state index >= 15 is 0 Å². The largest absolute Gasteiger partial charge is 0.335 e. The van der Waals surface area contributed by atoms with E-state index in [0.29, 0.717) is 6.54 Å². The van der Waals surface area contributed by atoms with Crippen molar-refractivity contribution >= 4 is 5.91 Å². The lowest BCUT2D eigenvalue weighted by Gasteiger charge is -2.17. The smallest absolute Gasteiger partial charge is 0.240 e. The van der Waals surface area contributed by atoms with Crippen molar-refractivity contribution in [3.63, 3.8) is 0 Å². The van der Waals surface area contributed by atoms with Gasteiger partial charge in [-0.05, 0) is 37.9 Å². The summed E-state index contributed by atoms with van der Waals surface area (Å²) in [5.41, 5.74) is 2.15. The second kappa shape index (κ2) is 5.96. The first-order chi connectivity index (χ1) is 8.72. The minimum atomic E-state index is 0.00830. The molecule has 0 saturated carbocycles. The van der Waals surface area contributed by atoms with Crippen LogP contribution in [0.4, 0.5) is 0 Å². The number of carbonyl (C=O) groups is 1. The van der Waals surface area contributed by atoms with Crippen molar-refractivity contribution in [3.8, 4) is 0 Å². The summed E-state index contributed by atoms with van der Waals surface area (Å²) in [7, 11) is 0. The summed E-state index contributed by atoms with van der Waals surface area (Å²) in [6, 6.07) is 3.97. The molecule has 1 N–H and O–H groups in total. The fraction of sp³-hybridized carbons (Fsp3) is 0.571. The van der Waals surface area contributed by atoms with Crippen LogP contribution in [0.25, 0.3) is 0 Å².